The van der Waals surface area contributed by atoms with E-state index in [2.05, 4.69) is 21.2 Å². The minimum atomic E-state index is -0.266. The zero-order chi connectivity index (χ0) is 13.5. The molecule has 18 heavy (non-hydrogen) atoms. The summed E-state index contributed by atoms with van der Waals surface area (Å²) in [5.41, 5.74) is 7.30. The minimum absolute atomic E-state index is 0.151. The first kappa shape index (κ1) is 15.4. The number of anilines is 1. The molecule has 1 rings (SSSR count). The average Bonchev–Trinajstić information content (AvgIpc) is 2.33. The maximum absolute atomic E-state index is 13.5. The Morgan fingerprint density at radius 3 is 2.83 bits per heavy atom. The summed E-state index contributed by atoms with van der Waals surface area (Å²) in [7, 11) is 1.66. The number of hydrogen-bond donors (Lipinski definition) is 2. The minimum Gasteiger partial charge on any atom is -0.383 e. The van der Waals surface area contributed by atoms with Gasteiger partial charge in [-0.05, 0) is 59.9 Å². The molecule has 1 aromatic carbocycles. The average molecular weight is 319 g/mol. The molecule has 0 spiro atoms. The Balaban J connectivity index is 2.76. The molecule has 0 heterocycles. The maximum atomic E-state index is 13.5. The van der Waals surface area contributed by atoms with Crippen molar-refractivity contribution >= 4 is 21.6 Å². The number of benzene rings is 1. The number of hydrogen-bond acceptors (Lipinski definition) is 3. The smallest absolute Gasteiger partial charge is 0.139 e. The van der Waals surface area contributed by atoms with Crippen LogP contribution in [0.25, 0.3) is 0 Å². The van der Waals surface area contributed by atoms with E-state index in [0.29, 0.717) is 17.6 Å². The number of aryl methyl sites for hydroxylation is 1. The monoisotopic (exact) mass is 318 g/mol. The van der Waals surface area contributed by atoms with Crippen molar-refractivity contribution in [1.29, 1.82) is 0 Å². The van der Waals surface area contributed by atoms with Gasteiger partial charge in [-0.25, -0.2) is 4.39 Å². The Bertz CT molecular complexity index is 387. The normalized spacial score (nSPS) is 12.5. The Morgan fingerprint density at radius 2 is 2.22 bits per heavy atom. The van der Waals surface area contributed by atoms with Crippen molar-refractivity contribution in [2.24, 2.45) is 5.73 Å². The molecule has 0 saturated heterocycles. The van der Waals surface area contributed by atoms with Gasteiger partial charge in [-0.2, -0.15) is 0 Å². The van der Waals surface area contributed by atoms with Gasteiger partial charge >= 0.3 is 0 Å². The van der Waals surface area contributed by atoms with Crippen LogP contribution in [0.5, 0.6) is 0 Å². The van der Waals surface area contributed by atoms with Crippen LogP contribution in [0.2, 0.25) is 0 Å². The Kier molecular flexibility index (Phi) is 6.60. The van der Waals surface area contributed by atoms with Crippen LogP contribution < -0.4 is 11.1 Å². The van der Waals surface area contributed by atoms with Crippen molar-refractivity contribution in [3.63, 3.8) is 0 Å². The molecule has 0 aliphatic rings. The highest BCUT2D eigenvalue weighted by molar-refractivity contribution is 9.10. The van der Waals surface area contributed by atoms with E-state index >= 15 is 0 Å². The van der Waals surface area contributed by atoms with Gasteiger partial charge in [0.1, 0.15) is 5.82 Å². The SMILES string of the molecule is COCC(CCCN)Nc1cc(F)c(Br)cc1C. The summed E-state index contributed by atoms with van der Waals surface area (Å²) < 4.78 is 19.2. The Hall–Kier alpha value is -0.650. The maximum Gasteiger partial charge on any atom is 0.139 e. The molecule has 1 aromatic rings. The first-order valence-electron chi connectivity index (χ1n) is 5.99. The molecule has 0 saturated carbocycles. The molecule has 3 N–H and O–H groups in total. The van der Waals surface area contributed by atoms with Crippen LogP contribution in [-0.2, 0) is 4.74 Å². The molecule has 5 heteroatoms. The predicted octanol–water partition coefficient (Wildman–Crippen LogP) is 3.06. The van der Waals surface area contributed by atoms with Crippen molar-refractivity contribution in [3.8, 4) is 0 Å². The van der Waals surface area contributed by atoms with Gasteiger partial charge in [0.05, 0.1) is 11.1 Å². The highest BCUT2D eigenvalue weighted by Gasteiger charge is 2.11. The summed E-state index contributed by atoms with van der Waals surface area (Å²) >= 11 is 3.18. The molecule has 1 atom stereocenters. The van der Waals surface area contributed by atoms with Crippen molar-refractivity contribution < 1.29 is 9.13 Å². The van der Waals surface area contributed by atoms with Crippen LogP contribution in [0.3, 0.4) is 0 Å². The van der Waals surface area contributed by atoms with Gasteiger partial charge in [-0.1, -0.05) is 0 Å². The molecule has 1 unspecified atom stereocenters. The number of nitrogens with two attached hydrogens (primary N) is 1. The summed E-state index contributed by atoms with van der Waals surface area (Å²) in [6.07, 6.45) is 1.82. The molecule has 0 aliphatic carbocycles. The zero-order valence-electron chi connectivity index (χ0n) is 10.8. The van der Waals surface area contributed by atoms with Crippen LogP contribution in [0.15, 0.2) is 16.6 Å². The molecule has 0 radical (unpaired) electrons. The Labute approximate surface area is 116 Å². The van der Waals surface area contributed by atoms with E-state index in [1.807, 2.05) is 6.92 Å². The van der Waals surface area contributed by atoms with E-state index in [1.165, 1.54) is 6.07 Å². The van der Waals surface area contributed by atoms with E-state index in [9.17, 15) is 4.39 Å². The summed E-state index contributed by atoms with van der Waals surface area (Å²) in [5, 5.41) is 3.31. The van der Waals surface area contributed by atoms with Crippen molar-refractivity contribution in [2.75, 3.05) is 25.6 Å². The highest BCUT2D eigenvalue weighted by Crippen LogP contribution is 2.24. The number of ether oxygens (including phenoxy) is 1. The molecular weight excluding hydrogens is 299 g/mol. The standard InChI is InChI=1S/C13H20BrFN2O/c1-9-6-11(14)12(15)7-13(9)17-10(8-18-2)4-3-5-16/h6-7,10,17H,3-5,8,16H2,1-2H3. The van der Waals surface area contributed by atoms with Crippen LogP contribution in [-0.4, -0.2) is 26.3 Å². The lowest BCUT2D eigenvalue weighted by molar-refractivity contribution is 0.182. The number of rotatable bonds is 7. The third-order valence-corrected chi connectivity index (χ3v) is 3.36. The largest absolute Gasteiger partial charge is 0.383 e. The third-order valence-electron chi connectivity index (χ3n) is 2.75. The second kappa shape index (κ2) is 7.71. The topological polar surface area (TPSA) is 47.3 Å². The fraction of sp³-hybridized carbons (Fsp3) is 0.538. The number of methoxy groups -OCH3 is 1. The van der Waals surface area contributed by atoms with Gasteiger partial charge in [0.15, 0.2) is 0 Å². The van der Waals surface area contributed by atoms with E-state index in [-0.39, 0.29) is 11.9 Å². The van der Waals surface area contributed by atoms with E-state index < -0.39 is 0 Å². The highest BCUT2D eigenvalue weighted by atomic mass is 79.9. The van der Waals surface area contributed by atoms with E-state index in [0.717, 1.165) is 24.1 Å². The molecular formula is C13H20BrFN2O. The lowest BCUT2D eigenvalue weighted by Gasteiger charge is -2.20. The van der Waals surface area contributed by atoms with Crippen molar-refractivity contribution in [2.45, 2.75) is 25.8 Å². The number of nitrogens with one attached hydrogen (secondary N) is 1. The molecule has 3 nitrogen and oxygen atoms in total. The third kappa shape index (κ3) is 4.55. The molecule has 0 fully saturated rings. The van der Waals surface area contributed by atoms with Crippen molar-refractivity contribution in [1.82, 2.24) is 0 Å². The van der Waals surface area contributed by atoms with Gasteiger partial charge in [0.25, 0.3) is 0 Å². The lowest BCUT2D eigenvalue weighted by Crippen LogP contribution is -2.26. The molecule has 0 aromatic heterocycles. The van der Waals surface area contributed by atoms with Crippen LogP contribution in [0, 0.1) is 12.7 Å². The van der Waals surface area contributed by atoms with Crippen LogP contribution in [0.1, 0.15) is 18.4 Å². The van der Waals surface area contributed by atoms with E-state index in [1.54, 1.807) is 13.2 Å². The predicted molar refractivity (Wildman–Crippen MR) is 76.4 cm³/mol. The van der Waals surface area contributed by atoms with Gasteiger partial charge < -0.3 is 15.8 Å². The van der Waals surface area contributed by atoms with Crippen LogP contribution in [0.4, 0.5) is 10.1 Å². The quantitative estimate of drug-likeness (QED) is 0.812. The molecule has 102 valence electrons. The van der Waals surface area contributed by atoms with Gasteiger partial charge in [0.2, 0.25) is 0 Å². The fourth-order valence-electron chi connectivity index (χ4n) is 1.78. The van der Waals surface area contributed by atoms with Crippen molar-refractivity contribution in [3.05, 3.63) is 28.0 Å². The zero-order valence-corrected chi connectivity index (χ0v) is 12.4. The lowest BCUT2D eigenvalue weighted by atomic mass is 10.1. The van der Waals surface area contributed by atoms with Gasteiger partial charge in [-0.15, -0.1) is 0 Å². The van der Waals surface area contributed by atoms with Crippen LogP contribution >= 0.6 is 15.9 Å². The van der Waals surface area contributed by atoms with Gasteiger partial charge in [0, 0.05) is 18.8 Å². The molecule has 0 bridgehead atoms. The molecule has 0 amide bonds. The summed E-state index contributed by atoms with van der Waals surface area (Å²) in [5.74, 6) is -0.266. The summed E-state index contributed by atoms with van der Waals surface area (Å²) in [6.45, 7) is 3.17. The van der Waals surface area contributed by atoms with E-state index in [4.69, 9.17) is 10.5 Å². The first-order valence-corrected chi connectivity index (χ1v) is 6.79. The Morgan fingerprint density at radius 1 is 1.50 bits per heavy atom. The van der Waals surface area contributed by atoms with Gasteiger partial charge in [-0.3, -0.25) is 0 Å². The second-order valence-corrected chi connectivity index (χ2v) is 5.16. The second-order valence-electron chi connectivity index (χ2n) is 4.31. The first-order chi connectivity index (χ1) is 8.58. The fourth-order valence-corrected chi connectivity index (χ4v) is 2.24. The number of halogens is 2. The summed E-state index contributed by atoms with van der Waals surface area (Å²) in [4.78, 5) is 0. The molecule has 0 aliphatic heterocycles. The summed E-state index contributed by atoms with van der Waals surface area (Å²) in [6, 6.07) is 3.42.